The molecule has 2 nitrogen and oxygen atoms in total. The molecule has 0 amide bonds. The molecule has 1 N–H and O–H groups in total. The largest absolute Gasteiger partial charge is 0.480 e. The third kappa shape index (κ3) is 5.88. The van der Waals surface area contributed by atoms with Crippen molar-refractivity contribution in [3.05, 3.63) is 0 Å². The van der Waals surface area contributed by atoms with Crippen LogP contribution in [0.4, 0.5) is 22.0 Å². The van der Waals surface area contributed by atoms with Gasteiger partial charge in [-0.25, -0.2) is 0 Å². The van der Waals surface area contributed by atoms with E-state index in [2.05, 4.69) is 0 Å². The Bertz CT molecular complexity index is 267. The Morgan fingerprint density at radius 2 is 1.83 bits per heavy atom. The maximum absolute atomic E-state index is 12.5. The Morgan fingerprint density at radius 3 is 2.22 bits per heavy atom. The number of halogens is 5. The molecule has 108 valence electrons. The van der Waals surface area contributed by atoms with Gasteiger partial charge in [0.05, 0.1) is 0 Å². The molecule has 0 fully saturated rings. The summed E-state index contributed by atoms with van der Waals surface area (Å²) in [4.78, 5) is 10.7. The Hall–Kier alpha value is -0.530. The van der Waals surface area contributed by atoms with Gasteiger partial charge in [0.15, 0.2) is 0 Å². The highest BCUT2D eigenvalue weighted by Crippen LogP contribution is 2.39. The maximum Gasteiger partial charge on any atom is 0.453 e. The van der Waals surface area contributed by atoms with Gasteiger partial charge >= 0.3 is 18.1 Å². The van der Waals surface area contributed by atoms with E-state index in [0.29, 0.717) is 18.2 Å². The summed E-state index contributed by atoms with van der Waals surface area (Å²) < 4.78 is 60.6. The normalized spacial score (nSPS) is 14.6. The monoisotopic (exact) mass is 294 g/mol. The first kappa shape index (κ1) is 17.5. The van der Waals surface area contributed by atoms with Crippen molar-refractivity contribution in [3.8, 4) is 0 Å². The molecule has 0 aromatic carbocycles. The molecule has 18 heavy (non-hydrogen) atoms. The van der Waals surface area contributed by atoms with Crippen LogP contribution in [-0.4, -0.2) is 34.2 Å². The van der Waals surface area contributed by atoms with Crippen molar-refractivity contribution >= 4 is 17.7 Å². The van der Waals surface area contributed by atoms with Crippen LogP contribution in [0.5, 0.6) is 0 Å². The molecule has 0 rings (SSSR count). The van der Waals surface area contributed by atoms with E-state index in [-0.39, 0.29) is 6.42 Å². The fraction of sp³-hybridized carbons (Fsp3) is 0.900. The van der Waals surface area contributed by atoms with Crippen LogP contribution in [0.15, 0.2) is 0 Å². The van der Waals surface area contributed by atoms with E-state index in [1.165, 1.54) is 0 Å². The molecule has 0 saturated carbocycles. The molecule has 1 unspecified atom stereocenters. The van der Waals surface area contributed by atoms with E-state index in [4.69, 9.17) is 5.11 Å². The molecule has 0 spiro atoms. The van der Waals surface area contributed by atoms with Gasteiger partial charge in [-0.2, -0.15) is 22.0 Å². The summed E-state index contributed by atoms with van der Waals surface area (Å²) >= 11 is 0.633. The lowest BCUT2D eigenvalue weighted by Gasteiger charge is -2.20. The zero-order valence-corrected chi connectivity index (χ0v) is 10.6. The third-order valence-corrected chi connectivity index (χ3v) is 3.52. The maximum atomic E-state index is 12.5. The van der Waals surface area contributed by atoms with Crippen molar-refractivity contribution < 1.29 is 31.9 Å². The zero-order valence-electron chi connectivity index (χ0n) is 9.77. The van der Waals surface area contributed by atoms with Crippen LogP contribution in [0.2, 0.25) is 0 Å². The number of hydrogen-bond acceptors (Lipinski definition) is 2. The fourth-order valence-corrected chi connectivity index (χ4v) is 2.27. The average molecular weight is 294 g/mol. The number of unbranched alkanes of at least 4 members (excludes halogenated alkanes) is 1. The van der Waals surface area contributed by atoms with Crippen molar-refractivity contribution in [2.24, 2.45) is 0 Å². The number of carbonyl (C=O) groups is 1. The number of rotatable bonds is 8. The second-order valence-electron chi connectivity index (χ2n) is 3.79. The molecule has 0 aliphatic heterocycles. The molecule has 0 bridgehead atoms. The van der Waals surface area contributed by atoms with Crippen molar-refractivity contribution in [3.63, 3.8) is 0 Å². The number of thioether (sulfide) groups is 1. The van der Waals surface area contributed by atoms with Gasteiger partial charge in [0.25, 0.3) is 0 Å². The van der Waals surface area contributed by atoms with E-state index in [1.807, 2.05) is 6.92 Å². The Labute approximate surface area is 106 Å². The van der Waals surface area contributed by atoms with Gasteiger partial charge in [-0.05, 0) is 6.42 Å². The zero-order chi connectivity index (χ0) is 14.4. The molecule has 0 aliphatic rings. The lowest BCUT2D eigenvalue weighted by molar-refractivity contribution is -0.282. The predicted octanol–water partition coefficient (Wildman–Crippen LogP) is 3.95. The number of carboxylic acids is 1. The van der Waals surface area contributed by atoms with Gasteiger partial charge in [-0.1, -0.05) is 19.8 Å². The second-order valence-corrected chi connectivity index (χ2v) is 5.10. The molecule has 0 aromatic heterocycles. The van der Waals surface area contributed by atoms with Crippen molar-refractivity contribution in [1.82, 2.24) is 0 Å². The van der Waals surface area contributed by atoms with Gasteiger partial charge in [0.2, 0.25) is 0 Å². The third-order valence-electron chi connectivity index (χ3n) is 2.25. The quantitative estimate of drug-likeness (QED) is 0.689. The van der Waals surface area contributed by atoms with Gasteiger partial charge < -0.3 is 5.11 Å². The minimum Gasteiger partial charge on any atom is -0.480 e. The first-order chi connectivity index (χ1) is 8.12. The first-order valence-corrected chi connectivity index (χ1v) is 6.45. The van der Waals surface area contributed by atoms with Gasteiger partial charge in [-0.15, -0.1) is 11.8 Å². The van der Waals surface area contributed by atoms with E-state index in [1.54, 1.807) is 0 Å². The molecule has 0 aromatic rings. The van der Waals surface area contributed by atoms with Crippen molar-refractivity contribution in [1.29, 1.82) is 0 Å². The number of alkyl halides is 5. The van der Waals surface area contributed by atoms with E-state index >= 15 is 0 Å². The smallest absolute Gasteiger partial charge is 0.453 e. The highest BCUT2D eigenvalue weighted by molar-refractivity contribution is 8.00. The number of hydrogen-bond donors (Lipinski definition) is 1. The summed E-state index contributed by atoms with van der Waals surface area (Å²) in [6.07, 6.45) is -5.36. The summed E-state index contributed by atoms with van der Waals surface area (Å²) in [7, 11) is 0. The van der Waals surface area contributed by atoms with Crippen LogP contribution in [0.25, 0.3) is 0 Å². The van der Waals surface area contributed by atoms with E-state index in [9.17, 15) is 26.7 Å². The summed E-state index contributed by atoms with van der Waals surface area (Å²) in [5.74, 6) is -6.47. The predicted molar refractivity (Wildman–Crippen MR) is 59.0 cm³/mol. The number of aliphatic carboxylic acids is 1. The molecular weight excluding hydrogens is 279 g/mol. The van der Waals surface area contributed by atoms with Crippen LogP contribution in [0.3, 0.4) is 0 Å². The van der Waals surface area contributed by atoms with E-state index < -0.39 is 35.5 Å². The highest BCUT2D eigenvalue weighted by atomic mass is 32.2. The topological polar surface area (TPSA) is 37.3 Å². The minimum absolute atomic E-state index is 0.272. The van der Waals surface area contributed by atoms with Crippen LogP contribution in [0.1, 0.15) is 32.6 Å². The van der Waals surface area contributed by atoms with Crippen LogP contribution in [0, 0.1) is 0 Å². The summed E-state index contributed by atoms with van der Waals surface area (Å²) in [5.41, 5.74) is 0. The second kappa shape index (κ2) is 7.16. The summed E-state index contributed by atoms with van der Waals surface area (Å²) in [5, 5.41) is 7.84. The lowest BCUT2D eigenvalue weighted by Crippen LogP contribution is -2.37. The van der Waals surface area contributed by atoms with Crippen LogP contribution >= 0.6 is 11.8 Å². The van der Waals surface area contributed by atoms with Crippen molar-refractivity contribution in [2.75, 3.05) is 5.75 Å². The first-order valence-electron chi connectivity index (χ1n) is 5.40. The van der Waals surface area contributed by atoms with Gasteiger partial charge in [-0.3, -0.25) is 4.79 Å². The highest BCUT2D eigenvalue weighted by Gasteiger charge is 2.56. The molecule has 0 aliphatic carbocycles. The Morgan fingerprint density at radius 1 is 1.28 bits per heavy atom. The van der Waals surface area contributed by atoms with E-state index in [0.717, 1.165) is 6.42 Å². The summed E-state index contributed by atoms with van der Waals surface area (Å²) in [6.45, 7) is 1.83. The molecular formula is C10H15F5O2S. The average Bonchev–Trinajstić information content (AvgIpc) is 2.20. The lowest BCUT2D eigenvalue weighted by atomic mass is 10.2. The van der Waals surface area contributed by atoms with Gasteiger partial charge in [0.1, 0.15) is 5.25 Å². The molecule has 8 heteroatoms. The molecule has 0 radical (unpaired) electrons. The molecule has 0 heterocycles. The Balaban J connectivity index is 4.18. The van der Waals surface area contributed by atoms with Crippen molar-refractivity contribution in [2.45, 2.75) is 50.0 Å². The minimum atomic E-state index is -5.57. The Kier molecular flexibility index (Phi) is 6.94. The van der Waals surface area contributed by atoms with Crippen LogP contribution < -0.4 is 0 Å². The standard InChI is InChI=1S/C10H15F5O2S/c1-2-3-4-7(8(16)17)18-6-5-9(11,12)10(13,14)15/h7H,2-6H2,1H3,(H,16,17). The molecule has 0 saturated heterocycles. The molecule has 1 atom stereocenters. The fourth-order valence-electron chi connectivity index (χ4n) is 1.14. The number of carboxylic acid groups (broad SMARTS) is 1. The summed E-state index contributed by atoms with van der Waals surface area (Å²) in [6, 6.07) is 0. The SMILES string of the molecule is CCCCC(SCCC(F)(F)C(F)(F)F)C(=O)O. The van der Waals surface area contributed by atoms with Gasteiger partial charge in [0, 0.05) is 12.2 Å². The van der Waals surface area contributed by atoms with Crippen LogP contribution in [-0.2, 0) is 4.79 Å².